The SMILES string of the molecule is COC1CN(c2ncc(F)c3nn(-c4c[nH]c(=O)[nH]c4=O)cc23)CC1(F)F. The minimum Gasteiger partial charge on any atom is -0.373 e. The van der Waals surface area contributed by atoms with E-state index in [9.17, 15) is 22.8 Å². The summed E-state index contributed by atoms with van der Waals surface area (Å²) in [6.45, 7) is -0.786. The monoisotopic (exact) mass is 382 g/mol. The molecule has 0 amide bonds. The molecule has 1 unspecified atom stereocenters. The van der Waals surface area contributed by atoms with Gasteiger partial charge in [0.05, 0.1) is 24.7 Å². The Kier molecular flexibility index (Phi) is 3.80. The molecule has 0 bridgehead atoms. The highest BCUT2D eigenvalue weighted by Gasteiger charge is 2.49. The first-order chi connectivity index (χ1) is 12.8. The number of halogens is 3. The summed E-state index contributed by atoms with van der Waals surface area (Å²) < 4.78 is 48.1. The van der Waals surface area contributed by atoms with E-state index < -0.39 is 35.6 Å². The number of alkyl halides is 2. The molecule has 0 aromatic carbocycles. The van der Waals surface area contributed by atoms with E-state index >= 15 is 0 Å². The van der Waals surface area contributed by atoms with Gasteiger partial charge in [0.1, 0.15) is 23.1 Å². The predicted octanol–water partition coefficient (Wildman–Crippen LogP) is 0.406. The normalized spacial score (nSPS) is 19.1. The van der Waals surface area contributed by atoms with Crippen LogP contribution in [0.25, 0.3) is 16.6 Å². The summed E-state index contributed by atoms with van der Waals surface area (Å²) >= 11 is 0. The van der Waals surface area contributed by atoms with E-state index in [4.69, 9.17) is 4.74 Å². The molecule has 4 heterocycles. The number of rotatable bonds is 3. The quantitative estimate of drug-likeness (QED) is 0.679. The lowest BCUT2D eigenvalue weighted by molar-refractivity contribution is -0.0889. The number of hydrogen-bond acceptors (Lipinski definition) is 6. The maximum Gasteiger partial charge on any atom is 0.325 e. The van der Waals surface area contributed by atoms with Gasteiger partial charge in [-0.3, -0.25) is 9.78 Å². The lowest BCUT2D eigenvalue weighted by Gasteiger charge is -2.17. The topological polar surface area (TPSA) is 109 Å². The number of anilines is 1. The molecule has 12 heteroatoms. The Morgan fingerprint density at radius 2 is 2.15 bits per heavy atom. The molecule has 4 rings (SSSR count). The van der Waals surface area contributed by atoms with E-state index in [0.29, 0.717) is 0 Å². The van der Waals surface area contributed by atoms with Gasteiger partial charge < -0.3 is 14.6 Å². The lowest BCUT2D eigenvalue weighted by Crippen LogP contribution is -2.33. The minimum absolute atomic E-state index is 0.0716. The zero-order chi connectivity index (χ0) is 19.3. The van der Waals surface area contributed by atoms with Crippen molar-refractivity contribution in [3.05, 3.63) is 45.2 Å². The van der Waals surface area contributed by atoms with Crippen molar-refractivity contribution in [2.75, 3.05) is 25.1 Å². The maximum absolute atomic E-state index is 14.2. The smallest absolute Gasteiger partial charge is 0.325 e. The van der Waals surface area contributed by atoms with Crippen LogP contribution in [0.15, 0.2) is 28.2 Å². The summed E-state index contributed by atoms with van der Waals surface area (Å²) in [6.07, 6.45) is 1.96. The molecule has 1 atom stereocenters. The fourth-order valence-corrected chi connectivity index (χ4v) is 3.07. The van der Waals surface area contributed by atoms with Crippen molar-refractivity contribution < 1.29 is 17.9 Å². The van der Waals surface area contributed by atoms with E-state index in [0.717, 1.165) is 17.1 Å². The molecule has 142 valence electrons. The molecule has 1 aliphatic rings. The largest absolute Gasteiger partial charge is 0.373 e. The summed E-state index contributed by atoms with van der Waals surface area (Å²) in [5, 5.41) is 4.14. The van der Waals surface area contributed by atoms with Gasteiger partial charge in [-0.15, -0.1) is 0 Å². The lowest BCUT2D eigenvalue weighted by atomic mass is 10.2. The predicted molar refractivity (Wildman–Crippen MR) is 88.0 cm³/mol. The number of methoxy groups -OCH3 is 1. The first-order valence-corrected chi connectivity index (χ1v) is 7.82. The fourth-order valence-electron chi connectivity index (χ4n) is 3.07. The van der Waals surface area contributed by atoms with E-state index in [1.165, 1.54) is 18.2 Å². The van der Waals surface area contributed by atoms with Crippen LogP contribution in [0.2, 0.25) is 0 Å². The first-order valence-electron chi connectivity index (χ1n) is 7.82. The van der Waals surface area contributed by atoms with Gasteiger partial charge in [-0.05, 0) is 0 Å². The standard InChI is InChI=1S/C15H13F3N6O3/c1-27-10-5-23(6-15(10,17)18)12-7-4-24(22-11(7)8(16)2-19-12)9-3-20-14(26)21-13(9)25/h2-4,10H,5-6H2,1H3,(H2,20,21,25,26). The Hall–Kier alpha value is -3.15. The van der Waals surface area contributed by atoms with E-state index in [1.807, 2.05) is 4.98 Å². The van der Waals surface area contributed by atoms with Crippen LogP contribution in [0.3, 0.4) is 0 Å². The summed E-state index contributed by atoms with van der Waals surface area (Å²) in [4.78, 5) is 32.6. The average Bonchev–Trinajstić information content (AvgIpc) is 3.16. The zero-order valence-corrected chi connectivity index (χ0v) is 13.9. The van der Waals surface area contributed by atoms with Crippen LogP contribution in [-0.4, -0.2) is 57.0 Å². The molecule has 1 fully saturated rings. The minimum atomic E-state index is -3.09. The number of pyridine rings is 1. The number of aromatic amines is 2. The highest BCUT2D eigenvalue weighted by Crippen LogP contribution is 2.35. The van der Waals surface area contributed by atoms with Crippen LogP contribution in [0.4, 0.5) is 19.0 Å². The van der Waals surface area contributed by atoms with Crippen molar-refractivity contribution in [1.29, 1.82) is 0 Å². The Morgan fingerprint density at radius 1 is 1.37 bits per heavy atom. The average molecular weight is 382 g/mol. The van der Waals surface area contributed by atoms with Crippen LogP contribution < -0.4 is 16.1 Å². The summed E-state index contributed by atoms with van der Waals surface area (Å²) in [6, 6.07) is 0. The van der Waals surface area contributed by atoms with Crippen LogP contribution in [0.5, 0.6) is 0 Å². The molecule has 1 aliphatic heterocycles. The van der Waals surface area contributed by atoms with Gasteiger partial charge in [-0.1, -0.05) is 0 Å². The summed E-state index contributed by atoms with van der Waals surface area (Å²) in [5.74, 6) is -3.77. The van der Waals surface area contributed by atoms with Crippen LogP contribution >= 0.6 is 0 Å². The molecule has 0 aliphatic carbocycles. The van der Waals surface area contributed by atoms with Gasteiger partial charge in [0, 0.05) is 19.5 Å². The molecular formula is C15H13F3N6O3. The first kappa shape index (κ1) is 17.3. The molecule has 3 aromatic rings. The maximum atomic E-state index is 14.2. The van der Waals surface area contributed by atoms with Gasteiger partial charge in [0.15, 0.2) is 5.82 Å². The molecular weight excluding hydrogens is 369 g/mol. The molecule has 1 saturated heterocycles. The van der Waals surface area contributed by atoms with Crippen LogP contribution in [-0.2, 0) is 4.74 Å². The van der Waals surface area contributed by atoms with E-state index in [1.54, 1.807) is 0 Å². The number of H-pyrrole nitrogens is 2. The second-order valence-electron chi connectivity index (χ2n) is 6.09. The molecule has 9 nitrogen and oxygen atoms in total. The number of hydrogen-bond donors (Lipinski definition) is 2. The number of nitrogens with zero attached hydrogens (tertiary/aromatic N) is 4. The van der Waals surface area contributed by atoms with E-state index in [-0.39, 0.29) is 29.0 Å². The molecule has 3 aromatic heterocycles. The third-order valence-corrected chi connectivity index (χ3v) is 4.37. The zero-order valence-electron chi connectivity index (χ0n) is 13.9. The Balaban J connectivity index is 1.84. The van der Waals surface area contributed by atoms with E-state index in [2.05, 4.69) is 15.1 Å². The Bertz CT molecular complexity index is 1140. The molecule has 2 N–H and O–H groups in total. The van der Waals surface area contributed by atoms with Gasteiger partial charge in [0.25, 0.3) is 11.5 Å². The van der Waals surface area contributed by atoms with Crippen molar-refractivity contribution in [3.63, 3.8) is 0 Å². The van der Waals surface area contributed by atoms with Gasteiger partial charge in [-0.25, -0.2) is 27.6 Å². The third-order valence-electron chi connectivity index (χ3n) is 4.37. The number of fused-ring (bicyclic) bond motifs is 1. The van der Waals surface area contributed by atoms with Crippen molar-refractivity contribution in [1.82, 2.24) is 24.7 Å². The van der Waals surface area contributed by atoms with Crippen molar-refractivity contribution in [2.45, 2.75) is 12.0 Å². The number of aromatic nitrogens is 5. The molecule has 0 spiro atoms. The van der Waals surface area contributed by atoms with Gasteiger partial charge >= 0.3 is 5.69 Å². The van der Waals surface area contributed by atoms with Crippen molar-refractivity contribution in [2.24, 2.45) is 0 Å². The van der Waals surface area contributed by atoms with Gasteiger partial charge in [-0.2, -0.15) is 5.10 Å². The third kappa shape index (κ3) is 2.77. The Labute approximate surface area is 148 Å². The highest BCUT2D eigenvalue weighted by atomic mass is 19.3. The Morgan fingerprint density at radius 3 is 2.81 bits per heavy atom. The molecule has 0 radical (unpaired) electrons. The molecule has 0 saturated carbocycles. The summed E-state index contributed by atoms with van der Waals surface area (Å²) in [7, 11) is 1.19. The van der Waals surface area contributed by atoms with Crippen LogP contribution in [0, 0.1) is 5.82 Å². The van der Waals surface area contributed by atoms with Gasteiger partial charge in [0.2, 0.25) is 0 Å². The highest BCUT2D eigenvalue weighted by molar-refractivity contribution is 5.90. The van der Waals surface area contributed by atoms with Crippen LogP contribution in [0.1, 0.15) is 0 Å². The second kappa shape index (κ2) is 5.94. The number of ether oxygens (including phenoxy) is 1. The fraction of sp³-hybridized carbons (Fsp3) is 0.333. The molecule has 27 heavy (non-hydrogen) atoms. The second-order valence-corrected chi connectivity index (χ2v) is 6.09. The van der Waals surface area contributed by atoms with Crippen molar-refractivity contribution >= 4 is 16.7 Å². The number of nitrogens with one attached hydrogen (secondary N) is 2. The van der Waals surface area contributed by atoms with Crippen molar-refractivity contribution in [3.8, 4) is 5.69 Å². The summed E-state index contributed by atoms with van der Waals surface area (Å²) in [5.41, 5.74) is -1.67.